The van der Waals surface area contributed by atoms with Crippen LogP contribution < -0.4 is 4.74 Å². The van der Waals surface area contributed by atoms with Gasteiger partial charge in [-0.3, -0.25) is 4.79 Å². The number of halogens is 2. The maximum absolute atomic E-state index is 12.0. The molecular formula is C14H17BrClNO3. The van der Waals surface area contributed by atoms with Gasteiger partial charge in [-0.05, 0) is 47.0 Å². The third-order valence-corrected chi connectivity index (χ3v) is 4.85. The van der Waals surface area contributed by atoms with E-state index in [2.05, 4.69) is 15.9 Å². The van der Waals surface area contributed by atoms with Gasteiger partial charge in [-0.25, -0.2) is 0 Å². The van der Waals surface area contributed by atoms with Gasteiger partial charge in [0.05, 0.1) is 17.7 Å². The summed E-state index contributed by atoms with van der Waals surface area (Å²) < 4.78 is 11.6. The van der Waals surface area contributed by atoms with E-state index in [1.165, 1.54) is 0 Å². The van der Waals surface area contributed by atoms with Crippen LogP contribution in [0.3, 0.4) is 0 Å². The summed E-state index contributed by atoms with van der Waals surface area (Å²) in [5.74, 6) is 0.622. The van der Waals surface area contributed by atoms with Crippen molar-refractivity contribution in [2.75, 3.05) is 32.9 Å². The minimum Gasteiger partial charge on any atom is -0.483 e. The molecule has 20 heavy (non-hydrogen) atoms. The average molecular weight is 363 g/mol. The molecule has 1 amide bonds. The molecule has 1 aromatic rings. The molecule has 0 saturated carbocycles. The van der Waals surface area contributed by atoms with Crippen LogP contribution in [0.5, 0.6) is 5.75 Å². The zero-order valence-electron chi connectivity index (χ0n) is 11.5. The van der Waals surface area contributed by atoms with Crippen LogP contribution in [0.2, 0.25) is 5.02 Å². The molecule has 1 aliphatic heterocycles. The molecule has 4 nitrogen and oxygen atoms in total. The Morgan fingerprint density at radius 2 is 2.10 bits per heavy atom. The first-order valence-corrected chi connectivity index (χ1v) is 7.61. The van der Waals surface area contributed by atoms with E-state index in [4.69, 9.17) is 21.1 Å². The number of hydrogen-bond donors (Lipinski definition) is 0. The number of nitrogens with zero attached hydrogens (tertiary/aromatic N) is 1. The summed E-state index contributed by atoms with van der Waals surface area (Å²) in [7, 11) is 0. The standard InChI is InChI=1S/C14H17BrClNO3/c1-9-7-11(13(15)10(2)14(9)16)20-8-12(18)17-3-5-19-6-4-17/h7H,3-6,8H2,1-2H3. The van der Waals surface area contributed by atoms with Crippen molar-refractivity contribution in [2.24, 2.45) is 0 Å². The maximum atomic E-state index is 12.0. The highest BCUT2D eigenvalue weighted by Crippen LogP contribution is 2.35. The van der Waals surface area contributed by atoms with Gasteiger partial charge in [-0.1, -0.05) is 11.6 Å². The molecule has 1 heterocycles. The van der Waals surface area contributed by atoms with Crippen LogP contribution in [0, 0.1) is 13.8 Å². The van der Waals surface area contributed by atoms with Crippen molar-refractivity contribution in [1.29, 1.82) is 0 Å². The molecule has 0 bridgehead atoms. The molecule has 0 unspecified atom stereocenters. The number of benzene rings is 1. The van der Waals surface area contributed by atoms with E-state index in [-0.39, 0.29) is 12.5 Å². The minimum absolute atomic E-state index is 0.0227. The van der Waals surface area contributed by atoms with E-state index in [1.807, 2.05) is 19.9 Å². The SMILES string of the molecule is Cc1cc(OCC(=O)N2CCOCC2)c(Br)c(C)c1Cl. The Bertz CT molecular complexity index is 516. The highest BCUT2D eigenvalue weighted by molar-refractivity contribution is 9.10. The highest BCUT2D eigenvalue weighted by Gasteiger charge is 2.18. The molecule has 1 fully saturated rings. The minimum atomic E-state index is -0.0227. The van der Waals surface area contributed by atoms with Crippen molar-refractivity contribution in [1.82, 2.24) is 4.90 Å². The zero-order valence-corrected chi connectivity index (χ0v) is 13.9. The van der Waals surface area contributed by atoms with Crippen LogP contribution in [-0.4, -0.2) is 43.7 Å². The Hall–Kier alpha value is -0.780. The second-order valence-electron chi connectivity index (χ2n) is 4.73. The van der Waals surface area contributed by atoms with Crippen molar-refractivity contribution >= 4 is 33.4 Å². The molecule has 6 heteroatoms. The number of amides is 1. The van der Waals surface area contributed by atoms with Crippen molar-refractivity contribution < 1.29 is 14.3 Å². The van der Waals surface area contributed by atoms with E-state index in [0.29, 0.717) is 37.1 Å². The van der Waals surface area contributed by atoms with Gasteiger partial charge < -0.3 is 14.4 Å². The lowest BCUT2D eigenvalue weighted by atomic mass is 10.1. The quantitative estimate of drug-likeness (QED) is 0.830. The maximum Gasteiger partial charge on any atom is 0.260 e. The summed E-state index contributed by atoms with van der Waals surface area (Å²) >= 11 is 9.62. The van der Waals surface area contributed by atoms with E-state index in [0.717, 1.165) is 15.6 Å². The lowest BCUT2D eigenvalue weighted by Gasteiger charge is -2.26. The van der Waals surface area contributed by atoms with Crippen LogP contribution in [0.15, 0.2) is 10.5 Å². The molecule has 1 aliphatic rings. The van der Waals surface area contributed by atoms with Gasteiger partial charge in [-0.15, -0.1) is 0 Å². The van der Waals surface area contributed by atoms with Crippen LogP contribution in [-0.2, 0) is 9.53 Å². The van der Waals surface area contributed by atoms with Crippen molar-refractivity contribution in [2.45, 2.75) is 13.8 Å². The van der Waals surface area contributed by atoms with Gasteiger partial charge in [0.2, 0.25) is 0 Å². The third-order valence-electron chi connectivity index (χ3n) is 3.28. The summed E-state index contributed by atoms with van der Waals surface area (Å²) in [6.07, 6.45) is 0. The van der Waals surface area contributed by atoms with Crippen molar-refractivity contribution in [3.63, 3.8) is 0 Å². The lowest BCUT2D eigenvalue weighted by Crippen LogP contribution is -2.43. The number of carbonyl (C=O) groups excluding carboxylic acids is 1. The number of carbonyl (C=O) groups is 1. The molecule has 0 aromatic heterocycles. The molecule has 0 aliphatic carbocycles. The fourth-order valence-corrected chi connectivity index (χ4v) is 2.74. The predicted molar refractivity (Wildman–Crippen MR) is 81.5 cm³/mol. The Labute approximate surface area is 132 Å². The molecule has 110 valence electrons. The molecule has 1 aromatic carbocycles. The molecule has 0 radical (unpaired) electrons. The first-order chi connectivity index (χ1) is 9.50. The van der Waals surface area contributed by atoms with Crippen LogP contribution in [0.25, 0.3) is 0 Å². The molecule has 1 saturated heterocycles. The number of rotatable bonds is 3. The topological polar surface area (TPSA) is 38.8 Å². The fourth-order valence-electron chi connectivity index (χ4n) is 2.05. The normalized spacial score (nSPS) is 15.3. The van der Waals surface area contributed by atoms with E-state index < -0.39 is 0 Å². The Morgan fingerprint density at radius 1 is 1.45 bits per heavy atom. The summed E-state index contributed by atoms with van der Waals surface area (Å²) in [6.45, 7) is 6.29. The van der Waals surface area contributed by atoms with Gasteiger partial charge in [0, 0.05) is 18.1 Å². The fraction of sp³-hybridized carbons (Fsp3) is 0.500. The monoisotopic (exact) mass is 361 g/mol. The summed E-state index contributed by atoms with van der Waals surface area (Å²) in [6, 6.07) is 1.84. The number of morpholine rings is 1. The second-order valence-corrected chi connectivity index (χ2v) is 5.90. The predicted octanol–water partition coefficient (Wildman–Crippen LogP) is 2.96. The van der Waals surface area contributed by atoms with Gasteiger partial charge >= 0.3 is 0 Å². The largest absolute Gasteiger partial charge is 0.483 e. The smallest absolute Gasteiger partial charge is 0.260 e. The molecule has 0 spiro atoms. The molecular weight excluding hydrogens is 346 g/mol. The van der Waals surface area contributed by atoms with E-state index in [1.54, 1.807) is 4.90 Å². The Kier molecular flexibility index (Phi) is 5.29. The van der Waals surface area contributed by atoms with Crippen LogP contribution in [0.4, 0.5) is 0 Å². The first kappa shape index (κ1) is 15.6. The third kappa shape index (κ3) is 3.45. The van der Waals surface area contributed by atoms with Crippen LogP contribution >= 0.6 is 27.5 Å². The number of aryl methyl sites for hydroxylation is 1. The lowest BCUT2D eigenvalue weighted by molar-refractivity contribution is -0.137. The molecule has 2 rings (SSSR count). The zero-order chi connectivity index (χ0) is 14.7. The van der Waals surface area contributed by atoms with Crippen molar-refractivity contribution in [3.05, 3.63) is 26.7 Å². The highest BCUT2D eigenvalue weighted by atomic mass is 79.9. The Balaban J connectivity index is 2.02. The number of hydrogen-bond acceptors (Lipinski definition) is 3. The summed E-state index contributed by atoms with van der Waals surface area (Å²) in [4.78, 5) is 13.8. The van der Waals surface area contributed by atoms with E-state index >= 15 is 0 Å². The number of ether oxygens (including phenoxy) is 2. The molecule has 0 N–H and O–H groups in total. The molecule has 0 atom stereocenters. The summed E-state index contributed by atoms with van der Waals surface area (Å²) in [5, 5.41) is 0.712. The summed E-state index contributed by atoms with van der Waals surface area (Å²) in [5.41, 5.74) is 1.85. The second kappa shape index (κ2) is 6.78. The van der Waals surface area contributed by atoms with E-state index in [9.17, 15) is 4.79 Å². The van der Waals surface area contributed by atoms with Gasteiger partial charge in [0.1, 0.15) is 5.75 Å². The van der Waals surface area contributed by atoms with Crippen molar-refractivity contribution in [3.8, 4) is 5.75 Å². The van der Waals surface area contributed by atoms with Gasteiger partial charge in [-0.2, -0.15) is 0 Å². The Morgan fingerprint density at radius 3 is 2.75 bits per heavy atom. The average Bonchev–Trinajstić information content (AvgIpc) is 2.48. The van der Waals surface area contributed by atoms with Gasteiger partial charge in [0.15, 0.2) is 6.61 Å². The van der Waals surface area contributed by atoms with Crippen LogP contribution in [0.1, 0.15) is 11.1 Å². The van der Waals surface area contributed by atoms with Gasteiger partial charge in [0.25, 0.3) is 5.91 Å². The first-order valence-electron chi connectivity index (χ1n) is 6.44.